The highest BCUT2D eigenvalue weighted by Gasteiger charge is 2.11. The van der Waals surface area contributed by atoms with E-state index >= 15 is 0 Å². The number of hydrogen-bond donors (Lipinski definition) is 2. The molecule has 1 aromatic rings. The summed E-state index contributed by atoms with van der Waals surface area (Å²) in [5.41, 5.74) is 0.266. The van der Waals surface area contributed by atoms with Crippen LogP contribution in [-0.2, 0) is 0 Å². The number of carbonyl (C=O) groups excluding carboxylic acids is 1. The van der Waals surface area contributed by atoms with Crippen LogP contribution in [0.1, 0.15) is 30.1 Å². The fourth-order valence-electron chi connectivity index (χ4n) is 1.33. The molecule has 0 heterocycles. The van der Waals surface area contributed by atoms with E-state index in [-0.39, 0.29) is 22.6 Å². The molecule has 2 N–H and O–H groups in total. The van der Waals surface area contributed by atoms with Crippen molar-refractivity contribution in [1.82, 2.24) is 5.32 Å². The molecule has 1 aromatic carbocycles. The number of nitrogens with one attached hydrogen (secondary N) is 1. The van der Waals surface area contributed by atoms with Crippen LogP contribution in [0, 0.1) is 0 Å². The number of halogens is 2. The summed E-state index contributed by atoms with van der Waals surface area (Å²) in [4.78, 5) is 11.8. The van der Waals surface area contributed by atoms with Crippen molar-refractivity contribution < 1.29 is 9.90 Å². The third-order valence-electron chi connectivity index (χ3n) is 2.39. The minimum Gasteiger partial charge on any atom is -0.507 e. The van der Waals surface area contributed by atoms with Gasteiger partial charge in [-0.05, 0) is 31.0 Å². The highest BCUT2D eigenvalue weighted by molar-refractivity contribution is 9.10. The Morgan fingerprint density at radius 1 is 1.59 bits per heavy atom. The number of amides is 1. The summed E-state index contributed by atoms with van der Waals surface area (Å²) >= 11 is 9.20. The molecule has 1 unspecified atom stereocenters. The van der Waals surface area contributed by atoms with E-state index in [4.69, 9.17) is 11.6 Å². The molecular weight excluding hydrogens is 305 g/mol. The van der Waals surface area contributed by atoms with Crippen LogP contribution in [0.4, 0.5) is 0 Å². The first-order chi connectivity index (χ1) is 8.04. The molecule has 0 bridgehead atoms. The Kier molecular flexibility index (Phi) is 5.78. The average molecular weight is 321 g/mol. The van der Waals surface area contributed by atoms with E-state index in [1.807, 2.05) is 6.92 Å². The van der Waals surface area contributed by atoms with Crippen LogP contribution >= 0.6 is 27.5 Å². The topological polar surface area (TPSA) is 49.3 Å². The van der Waals surface area contributed by atoms with Crippen molar-refractivity contribution in [3.8, 4) is 5.75 Å². The van der Waals surface area contributed by atoms with Gasteiger partial charge < -0.3 is 10.4 Å². The number of phenols is 1. The molecule has 0 aliphatic rings. The van der Waals surface area contributed by atoms with Gasteiger partial charge in [-0.3, -0.25) is 4.79 Å². The van der Waals surface area contributed by atoms with E-state index < -0.39 is 0 Å². The van der Waals surface area contributed by atoms with Crippen molar-refractivity contribution in [2.24, 2.45) is 0 Å². The van der Waals surface area contributed by atoms with Gasteiger partial charge in [0.25, 0.3) is 5.91 Å². The van der Waals surface area contributed by atoms with Gasteiger partial charge in [-0.1, -0.05) is 22.9 Å². The third-order valence-corrected chi connectivity index (χ3v) is 3.41. The molecule has 0 saturated heterocycles. The minimum absolute atomic E-state index is 0.0244. The SMILES string of the molecule is CCC(Cl)CCNC(=O)c1cc(Br)ccc1O. The maximum Gasteiger partial charge on any atom is 0.255 e. The Labute approximate surface area is 114 Å². The van der Waals surface area contributed by atoms with Gasteiger partial charge in [0.2, 0.25) is 0 Å². The second-order valence-corrected chi connectivity index (χ2v) is 5.24. The van der Waals surface area contributed by atoms with Gasteiger partial charge in [0.1, 0.15) is 5.75 Å². The van der Waals surface area contributed by atoms with Gasteiger partial charge in [0.05, 0.1) is 5.56 Å². The lowest BCUT2D eigenvalue weighted by Gasteiger charge is -2.09. The van der Waals surface area contributed by atoms with Crippen molar-refractivity contribution in [3.05, 3.63) is 28.2 Å². The summed E-state index contributed by atoms with van der Waals surface area (Å²) in [6.45, 7) is 2.51. The monoisotopic (exact) mass is 319 g/mol. The standard InChI is InChI=1S/C12H15BrClNO2/c1-2-9(14)5-6-15-12(17)10-7-8(13)3-4-11(10)16/h3-4,7,9,16H,2,5-6H2,1H3,(H,15,17). The fourth-order valence-corrected chi connectivity index (χ4v) is 1.80. The zero-order chi connectivity index (χ0) is 12.8. The molecule has 0 saturated carbocycles. The summed E-state index contributed by atoms with van der Waals surface area (Å²) in [7, 11) is 0. The number of alkyl halides is 1. The van der Waals surface area contributed by atoms with E-state index in [1.54, 1.807) is 12.1 Å². The molecule has 94 valence electrons. The van der Waals surface area contributed by atoms with Crippen molar-refractivity contribution >= 4 is 33.4 Å². The Morgan fingerprint density at radius 2 is 2.29 bits per heavy atom. The summed E-state index contributed by atoms with van der Waals surface area (Å²) in [6.07, 6.45) is 1.60. The third kappa shape index (κ3) is 4.56. The van der Waals surface area contributed by atoms with Crippen LogP contribution in [0.15, 0.2) is 22.7 Å². The van der Waals surface area contributed by atoms with Gasteiger partial charge in [-0.25, -0.2) is 0 Å². The van der Waals surface area contributed by atoms with Crippen molar-refractivity contribution in [1.29, 1.82) is 0 Å². The molecule has 0 aliphatic carbocycles. The Balaban J connectivity index is 2.55. The van der Waals surface area contributed by atoms with Crippen molar-refractivity contribution in [2.75, 3.05) is 6.54 Å². The quantitative estimate of drug-likeness (QED) is 0.818. The molecule has 0 fully saturated rings. The zero-order valence-corrected chi connectivity index (χ0v) is 11.9. The number of carbonyl (C=O) groups is 1. The zero-order valence-electron chi connectivity index (χ0n) is 9.54. The first-order valence-corrected chi connectivity index (χ1v) is 6.68. The maximum atomic E-state index is 11.8. The molecule has 1 atom stereocenters. The maximum absolute atomic E-state index is 11.8. The Bertz CT molecular complexity index is 398. The van der Waals surface area contributed by atoms with Gasteiger partial charge >= 0.3 is 0 Å². The summed E-state index contributed by atoms with van der Waals surface area (Å²) in [5, 5.41) is 12.4. The molecule has 0 spiro atoms. The number of hydrogen-bond acceptors (Lipinski definition) is 2. The molecule has 0 aliphatic heterocycles. The van der Waals surface area contributed by atoms with Crippen LogP contribution in [0.3, 0.4) is 0 Å². The minimum atomic E-state index is -0.288. The van der Waals surface area contributed by atoms with Crippen LogP contribution in [0.2, 0.25) is 0 Å². The number of rotatable bonds is 5. The first-order valence-electron chi connectivity index (χ1n) is 5.45. The highest BCUT2D eigenvalue weighted by atomic mass is 79.9. The molecular formula is C12H15BrClNO2. The van der Waals surface area contributed by atoms with Crippen LogP contribution in [0.5, 0.6) is 5.75 Å². The molecule has 0 radical (unpaired) electrons. The number of aromatic hydroxyl groups is 1. The fraction of sp³-hybridized carbons (Fsp3) is 0.417. The van der Waals surface area contributed by atoms with Crippen LogP contribution < -0.4 is 5.32 Å². The van der Waals surface area contributed by atoms with Gasteiger partial charge in [0.15, 0.2) is 0 Å². The molecule has 5 heteroatoms. The van der Waals surface area contributed by atoms with Gasteiger partial charge in [0, 0.05) is 16.4 Å². The summed E-state index contributed by atoms with van der Waals surface area (Å²) in [5.74, 6) is -0.313. The van der Waals surface area contributed by atoms with Gasteiger partial charge in [-0.2, -0.15) is 0 Å². The van der Waals surface area contributed by atoms with E-state index in [0.29, 0.717) is 6.54 Å². The van der Waals surface area contributed by atoms with E-state index in [0.717, 1.165) is 17.3 Å². The van der Waals surface area contributed by atoms with E-state index in [1.165, 1.54) is 6.07 Å². The predicted octanol–water partition coefficient (Wildman–Crippen LogP) is 3.29. The van der Waals surface area contributed by atoms with Crippen molar-refractivity contribution in [2.45, 2.75) is 25.1 Å². The Morgan fingerprint density at radius 3 is 2.94 bits per heavy atom. The Hall–Kier alpha value is -0.740. The highest BCUT2D eigenvalue weighted by Crippen LogP contribution is 2.21. The second kappa shape index (κ2) is 6.87. The van der Waals surface area contributed by atoms with Crippen LogP contribution in [-0.4, -0.2) is 22.9 Å². The lowest BCUT2D eigenvalue weighted by Crippen LogP contribution is -2.26. The first kappa shape index (κ1) is 14.3. The van der Waals surface area contributed by atoms with Crippen molar-refractivity contribution in [3.63, 3.8) is 0 Å². The van der Waals surface area contributed by atoms with E-state index in [2.05, 4.69) is 21.2 Å². The molecule has 0 aromatic heterocycles. The normalized spacial score (nSPS) is 12.2. The smallest absolute Gasteiger partial charge is 0.255 e. The lowest BCUT2D eigenvalue weighted by atomic mass is 10.2. The lowest BCUT2D eigenvalue weighted by molar-refractivity contribution is 0.0950. The molecule has 17 heavy (non-hydrogen) atoms. The largest absolute Gasteiger partial charge is 0.507 e. The second-order valence-electron chi connectivity index (χ2n) is 3.71. The van der Waals surface area contributed by atoms with E-state index in [9.17, 15) is 9.90 Å². The number of phenolic OH excluding ortho intramolecular Hbond substituents is 1. The average Bonchev–Trinajstić information content (AvgIpc) is 2.31. The summed E-state index contributed by atoms with van der Waals surface area (Å²) < 4.78 is 0.754. The van der Waals surface area contributed by atoms with Crippen LogP contribution in [0.25, 0.3) is 0 Å². The van der Waals surface area contributed by atoms with Gasteiger partial charge in [-0.15, -0.1) is 11.6 Å². The number of benzene rings is 1. The predicted molar refractivity (Wildman–Crippen MR) is 72.7 cm³/mol. The summed E-state index contributed by atoms with van der Waals surface area (Å²) in [6, 6.07) is 4.75. The molecule has 1 rings (SSSR count). The molecule has 1 amide bonds. The molecule has 3 nitrogen and oxygen atoms in total.